The second kappa shape index (κ2) is 11.5. The van der Waals surface area contributed by atoms with E-state index < -0.39 is 0 Å². The highest BCUT2D eigenvalue weighted by atomic mass is 16.5. The van der Waals surface area contributed by atoms with Crippen LogP contribution in [0.4, 0.5) is 11.8 Å². The monoisotopic (exact) mass is 466 g/mol. The van der Waals surface area contributed by atoms with Crippen molar-refractivity contribution < 1.29 is 14.3 Å². The molecule has 3 N–H and O–H groups in total. The van der Waals surface area contributed by atoms with Crippen LogP contribution in [0.1, 0.15) is 45.6 Å². The molecule has 0 aliphatic rings. The molecular weight excluding hydrogens is 432 g/mol. The maximum absolute atomic E-state index is 11.6. The number of fused-ring (bicyclic) bond motifs is 1. The van der Waals surface area contributed by atoms with Crippen molar-refractivity contribution in [1.29, 1.82) is 0 Å². The Labute approximate surface area is 200 Å². The van der Waals surface area contributed by atoms with Crippen LogP contribution in [0, 0.1) is 0 Å². The smallest absolute Gasteiger partial charge is 0.225 e. The summed E-state index contributed by atoms with van der Waals surface area (Å²) in [5.74, 6) is 2.55. The average Bonchev–Trinajstić information content (AvgIpc) is 2.85. The van der Waals surface area contributed by atoms with E-state index in [-0.39, 0.29) is 11.4 Å². The first-order chi connectivity index (χ1) is 16.4. The maximum Gasteiger partial charge on any atom is 0.225 e. The van der Waals surface area contributed by atoms with Crippen molar-refractivity contribution in [2.45, 2.75) is 52.1 Å². The van der Waals surface area contributed by atoms with Crippen LogP contribution >= 0.6 is 0 Å². The molecule has 3 rings (SSSR count). The van der Waals surface area contributed by atoms with Gasteiger partial charge in [-0.05, 0) is 31.5 Å². The largest absolute Gasteiger partial charge is 0.497 e. The van der Waals surface area contributed by atoms with Gasteiger partial charge >= 0.3 is 0 Å². The van der Waals surface area contributed by atoms with Crippen molar-refractivity contribution in [1.82, 2.24) is 20.3 Å². The topological polar surface area (TPSA) is 110 Å². The number of hydrogen-bond acceptors (Lipinski definition) is 8. The molecule has 34 heavy (non-hydrogen) atoms. The Hall–Kier alpha value is -3.62. The van der Waals surface area contributed by atoms with E-state index in [0.29, 0.717) is 24.9 Å². The lowest BCUT2D eigenvalue weighted by Gasteiger charge is -2.32. The number of ether oxygens (including phenoxy) is 2. The lowest BCUT2D eigenvalue weighted by atomic mass is 9.94. The first kappa shape index (κ1) is 25.0. The molecule has 182 valence electrons. The molecule has 9 heteroatoms. The molecule has 1 amide bonds. The number of aromatic nitrogens is 3. The molecule has 0 bridgehead atoms. The third kappa shape index (κ3) is 6.46. The fourth-order valence-corrected chi connectivity index (χ4v) is 3.69. The van der Waals surface area contributed by atoms with Gasteiger partial charge in [0, 0.05) is 43.2 Å². The van der Waals surface area contributed by atoms with Crippen molar-refractivity contribution >= 4 is 28.6 Å². The number of hydrogen-bond donors (Lipinski definition) is 3. The van der Waals surface area contributed by atoms with Crippen LogP contribution in [0.3, 0.4) is 0 Å². The Balaban J connectivity index is 1.89. The van der Waals surface area contributed by atoms with E-state index in [4.69, 9.17) is 14.5 Å². The summed E-state index contributed by atoms with van der Waals surface area (Å²) in [5.41, 5.74) is 1.30. The number of rotatable bonds is 12. The van der Waals surface area contributed by atoms with Gasteiger partial charge in [0.05, 0.1) is 31.5 Å². The second-order valence-electron chi connectivity index (χ2n) is 8.52. The molecule has 0 aliphatic heterocycles. The number of amides is 1. The van der Waals surface area contributed by atoms with Crippen LogP contribution in [0.5, 0.6) is 11.5 Å². The zero-order chi connectivity index (χ0) is 24.6. The predicted molar refractivity (Wildman–Crippen MR) is 134 cm³/mol. The van der Waals surface area contributed by atoms with Crippen LogP contribution in [0.25, 0.3) is 10.9 Å². The number of carbonyl (C=O) groups excluding carboxylic acids is 1. The number of nitrogens with zero attached hydrogens (tertiary/aromatic N) is 3. The molecular formula is C25H34N6O3. The summed E-state index contributed by atoms with van der Waals surface area (Å²) in [6.07, 6.45) is 6.41. The summed E-state index contributed by atoms with van der Waals surface area (Å²) < 4.78 is 10.8. The molecule has 9 nitrogen and oxygen atoms in total. The standard InChI is InChI=1S/C25H34N6O3/c1-6-7-11-25(3,16-28-17(2)32)31-23-20-10-12-26-15-21(20)29-24(30-23)27-14-18-8-9-19(33-4)13-22(18)34-5/h8-10,12-13,15H,6-7,11,14,16H2,1-5H3,(H,28,32)(H2,27,29,30,31). The van der Waals surface area contributed by atoms with E-state index in [1.165, 1.54) is 6.92 Å². The summed E-state index contributed by atoms with van der Waals surface area (Å²) >= 11 is 0. The zero-order valence-electron chi connectivity index (χ0n) is 20.6. The van der Waals surface area contributed by atoms with Crippen molar-refractivity contribution in [2.24, 2.45) is 0 Å². The molecule has 1 unspecified atom stereocenters. The van der Waals surface area contributed by atoms with Gasteiger partial charge in [0.25, 0.3) is 0 Å². The molecule has 1 atom stereocenters. The van der Waals surface area contributed by atoms with Gasteiger partial charge in [-0.25, -0.2) is 4.98 Å². The molecule has 0 aliphatic carbocycles. The van der Waals surface area contributed by atoms with E-state index in [1.54, 1.807) is 26.6 Å². The van der Waals surface area contributed by atoms with Gasteiger partial charge in [0.1, 0.15) is 17.3 Å². The summed E-state index contributed by atoms with van der Waals surface area (Å²) in [5, 5.41) is 10.7. The lowest BCUT2D eigenvalue weighted by Crippen LogP contribution is -2.46. The second-order valence-corrected chi connectivity index (χ2v) is 8.52. The van der Waals surface area contributed by atoms with E-state index >= 15 is 0 Å². The first-order valence-electron chi connectivity index (χ1n) is 11.5. The molecule has 1 aromatic carbocycles. The van der Waals surface area contributed by atoms with E-state index in [0.717, 1.165) is 47.2 Å². The van der Waals surface area contributed by atoms with Gasteiger partial charge in [-0.3, -0.25) is 9.78 Å². The fourth-order valence-electron chi connectivity index (χ4n) is 3.69. The number of nitrogens with one attached hydrogen (secondary N) is 3. The van der Waals surface area contributed by atoms with Gasteiger partial charge in [-0.15, -0.1) is 0 Å². The van der Waals surface area contributed by atoms with Gasteiger partial charge in [-0.1, -0.05) is 19.8 Å². The summed E-state index contributed by atoms with van der Waals surface area (Å²) in [6.45, 7) is 6.74. The predicted octanol–water partition coefficient (Wildman–Crippen LogP) is 4.15. The maximum atomic E-state index is 11.6. The molecule has 0 spiro atoms. The number of benzene rings is 1. The molecule has 0 fully saturated rings. The van der Waals surface area contributed by atoms with Gasteiger partial charge < -0.3 is 25.4 Å². The molecule has 2 heterocycles. The molecule has 0 saturated carbocycles. The van der Waals surface area contributed by atoms with E-state index in [2.05, 4.69) is 39.8 Å². The molecule has 3 aromatic rings. The van der Waals surface area contributed by atoms with E-state index in [9.17, 15) is 4.79 Å². The normalized spacial score (nSPS) is 12.6. The minimum atomic E-state index is -0.372. The SMILES string of the molecule is CCCCC(C)(CNC(C)=O)Nc1nc(NCc2ccc(OC)cc2OC)nc2cnccc12. The zero-order valence-corrected chi connectivity index (χ0v) is 20.6. The highest BCUT2D eigenvalue weighted by Gasteiger charge is 2.26. The lowest BCUT2D eigenvalue weighted by molar-refractivity contribution is -0.119. The molecule has 0 radical (unpaired) electrons. The number of pyridine rings is 1. The number of anilines is 2. The molecule has 2 aromatic heterocycles. The highest BCUT2D eigenvalue weighted by Crippen LogP contribution is 2.28. The summed E-state index contributed by atoms with van der Waals surface area (Å²) in [7, 11) is 3.25. The first-order valence-corrected chi connectivity index (χ1v) is 11.5. The Bertz CT molecular complexity index is 1120. The average molecular weight is 467 g/mol. The Kier molecular flexibility index (Phi) is 8.45. The van der Waals surface area contributed by atoms with Crippen molar-refractivity contribution in [3.8, 4) is 11.5 Å². The summed E-state index contributed by atoms with van der Waals surface area (Å²) in [6, 6.07) is 7.57. The number of unbranched alkanes of at least 4 members (excludes halogenated alkanes) is 1. The van der Waals surface area contributed by atoms with Crippen LogP contribution < -0.4 is 25.4 Å². The minimum absolute atomic E-state index is 0.0583. The van der Waals surface area contributed by atoms with Crippen LogP contribution in [-0.2, 0) is 11.3 Å². The quantitative estimate of drug-likeness (QED) is 0.365. The van der Waals surface area contributed by atoms with Crippen molar-refractivity contribution in [3.63, 3.8) is 0 Å². The molecule has 0 saturated heterocycles. The third-order valence-electron chi connectivity index (χ3n) is 5.66. The van der Waals surface area contributed by atoms with Crippen molar-refractivity contribution in [3.05, 3.63) is 42.2 Å². The fraction of sp³-hybridized carbons (Fsp3) is 0.440. The minimum Gasteiger partial charge on any atom is -0.497 e. The Morgan fingerprint density at radius 2 is 1.97 bits per heavy atom. The number of carbonyl (C=O) groups is 1. The third-order valence-corrected chi connectivity index (χ3v) is 5.66. The Morgan fingerprint density at radius 3 is 2.68 bits per heavy atom. The Morgan fingerprint density at radius 1 is 1.15 bits per heavy atom. The summed E-state index contributed by atoms with van der Waals surface area (Å²) in [4.78, 5) is 25.3. The van der Waals surface area contributed by atoms with Gasteiger partial charge in [0.15, 0.2) is 0 Å². The van der Waals surface area contributed by atoms with Crippen LogP contribution in [-0.4, -0.2) is 47.2 Å². The highest BCUT2D eigenvalue weighted by molar-refractivity contribution is 5.89. The van der Waals surface area contributed by atoms with Crippen LogP contribution in [0.2, 0.25) is 0 Å². The van der Waals surface area contributed by atoms with Crippen LogP contribution in [0.15, 0.2) is 36.7 Å². The van der Waals surface area contributed by atoms with E-state index in [1.807, 2.05) is 24.3 Å². The van der Waals surface area contributed by atoms with Crippen molar-refractivity contribution in [2.75, 3.05) is 31.4 Å². The number of methoxy groups -OCH3 is 2. The van der Waals surface area contributed by atoms with Gasteiger partial charge in [-0.2, -0.15) is 4.98 Å². The van der Waals surface area contributed by atoms with Gasteiger partial charge in [0.2, 0.25) is 11.9 Å².